The van der Waals surface area contributed by atoms with Crippen molar-refractivity contribution in [3.63, 3.8) is 0 Å². The van der Waals surface area contributed by atoms with E-state index in [0.29, 0.717) is 5.69 Å². The van der Waals surface area contributed by atoms with Crippen molar-refractivity contribution >= 4 is 40.2 Å². The molecule has 2 N–H and O–H groups in total. The molecule has 4 nitrogen and oxygen atoms in total. The van der Waals surface area contributed by atoms with Crippen LogP contribution in [0.4, 0.5) is 15.8 Å². The fourth-order valence-electron chi connectivity index (χ4n) is 2.38. The first kappa shape index (κ1) is 18.4. The Balaban J connectivity index is 1.63. The van der Waals surface area contributed by atoms with Gasteiger partial charge in [-0.1, -0.05) is 23.7 Å². The Morgan fingerprint density at radius 3 is 2.58 bits per heavy atom. The van der Waals surface area contributed by atoms with Crippen molar-refractivity contribution in [1.82, 2.24) is 4.98 Å². The zero-order valence-corrected chi connectivity index (χ0v) is 15.8. The standard InChI is InChI=1S/C19H17ClFN3OS/c1-11(19(25)24-17-8-5-14(21)9-16(17)20)22-15-6-3-13(4-7-15)18-10-26-12(2)23-18/h3-11,22H,1-2H3,(H,24,25)/t11-/m0/s1. The van der Waals surface area contributed by atoms with Gasteiger partial charge in [0.2, 0.25) is 5.91 Å². The number of nitrogens with zero attached hydrogens (tertiary/aromatic N) is 1. The van der Waals surface area contributed by atoms with Crippen molar-refractivity contribution < 1.29 is 9.18 Å². The SMILES string of the molecule is Cc1nc(-c2ccc(N[C@@H](C)C(=O)Nc3ccc(F)cc3Cl)cc2)cs1. The zero-order valence-electron chi connectivity index (χ0n) is 14.2. The molecule has 26 heavy (non-hydrogen) atoms. The minimum absolute atomic E-state index is 0.161. The highest BCUT2D eigenvalue weighted by Gasteiger charge is 2.14. The summed E-state index contributed by atoms with van der Waals surface area (Å²) in [5, 5.41) is 9.01. The van der Waals surface area contributed by atoms with E-state index in [9.17, 15) is 9.18 Å². The normalized spacial score (nSPS) is 11.8. The molecule has 0 saturated heterocycles. The van der Waals surface area contributed by atoms with Crippen LogP contribution in [0.2, 0.25) is 5.02 Å². The number of aromatic nitrogens is 1. The topological polar surface area (TPSA) is 54.0 Å². The van der Waals surface area contributed by atoms with Crippen LogP contribution in [0.25, 0.3) is 11.3 Å². The van der Waals surface area contributed by atoms with Gasteiger partial charge in [-0.25, -0.2) is 9.37 Å². The number of rotatable bonds is 5. The first-order valence-corrected chi connectivity index (χ1v) is 9.23. The summed E-state index contributed by atoms with van der Waals surface area (Å²) in [6, 6.07) is 11.1. The Morgan fingerprint density at radius 1 is 1.23 bits per heavy atom. The monoisotopic (exact) mass is 389 g/mol. The molecule has 0 bridgehead atoms. The molecule has 0 aliphatic carbocycles. The maximum absolute atomic E-state index is 13.1. The Morgan fingerprint density at radius 2 is 1.96 bits per heavy atom. The van der Waals surface area contributed by atoms with Gasteiger partial charge in [-0.3, -0.25) is 4.79 Å². The molecular formula is C19H17ClFN3OS. The highest BCUT2D eigenvalue weighted by atomic mass is 35.5. The molecular weight excluding hydrogens is 373 g/mol. The number of halogens is 2. The number of thiazole rings is 1. The fraction of sp³-hybridized carbons (Fsp3) is 0.158. The number of anilines is 2. The minimum Gasteiger partial charge on any atom is -0.374 e. The van der Waals surface area contributed by atoms with Crippen molar-refractivity contribution in [2.45, 2.75) is 19.9 Å². The average molecular weight is 390 g/mol. The van der Waals surface area contributed by atoms with Crippen molar-refractivity contribution in [2.24, 2.45) is 0 Å². The Bertz CT molecular complexity index is 927. The second kappa shape index (κ2) is 7.85. The Labute approximate surface area is 160 Å². The van der Waals surface area contributed by atoms with Crippen LogP contribution in [0.1, 0.15) is 11.9 Å². The van der Waals surface area contributed by atoms with Gasteiger partial charge in [-0.15, -0.1) is 11.3 Å². The van der Waals surface area contributed by atoms with E-state index in [4.69, 9.17) is 11.6 Å². The number of benzene rings is 2. The van der Waals surface area contributed by atoms with Crippen LogP contribution in [0.15, 0.2) is 47.8 Å². The van der Waals surface area contributed by atoms with Crippen LogP contribution in [-0.2, 0) is 4.79 Å². The Hall–Kier alpha value is -2.44. The summed E-state index contributed by atoms with van der Waals surface area (Å²) in [5.41, 5.74) is 3.15. The van der Waals surface area contributed by atoms with Gasteiger partial charge in [-0.05, 0) is 44.2 Å². The molecule has 3 rings (SSSR count). The van der Waals surface area contributed by atoms with Gasteiger partial charge in [0.15, 0.2) is 0 Å². The van der Waals surface area contributed by atoms with E-state index >= 15 is 0 Å². The van der Waals surface area contributed by atoms with Crippen LogP contribution in [0.5, 0.6) is 0 Å². The second-order valence-electron chi connectivity index (χ2n) is 5.81. The molecule has 2 aromatic carbocycles. The summed E-state index contributed by atoms with van der Waals surface area (Å²) in [4.78, 5) is 16.8. The van der Waals surface area contributed by atoms with Crippen LogP contribution in [-0.4, -0.2) is 16.9 Å². The molecule has 134 valence electrons. The minimum atomic E-state index is -0.497. The van der Waals surface area contributed by atoms with E-state index < -0.39 is 11.9 Å². The lowest BCUT2D eigenvalue weighted by Crippen LogP contribution is -2.31. The molecule has 3 aromatic rings. The molecule has 0 radical (unpaired) electrons. The van der Waals surface area contributed by atoms with Crippen molar-refractivity contribution in [3.05, 3.63) is 63.7 Å². The molecule has 0 spiro atoms. The van der Waals surface area contributed by atoms with Gasteiger partial charge in [0.1, 0.15) is 11.9 Å². The lowest BCUT2D eigenvalue weighted by Gasteiger charge is -2.16. The van der Waals surface area contributed by atoms with Gasteiger partial charge >= 0.3 is 0 Å². The molecule has 1 aromatic heterocycles. The van der Waals surface area contributed by atoms with E-state index in [1.165, 1.54) is 12.1 Å². The number of nitrogens with one attached hydrogen (secondary N) is 2. The molecule has 1 atom stereocenters. The summed E-state index contributed by atoms with van der Waals surface area (Å²) in [6.45, 7) is 3.71. The number of amides is 1. The highest BCUT2D eigenvalue weighted by Crippen LogP contribution is 2.24. The number of carbonyl (C=O) groups is 1. The summed E-state index contributed by atoms with van der Waals surface area (Å²) < 4.78 is 13.1. The number of hydrogen-bond donors (Lipinski definition) is 2. The van der Waals surface area contributed by atoms with Crippen LogP contribution in [0, 0.1) is 12.7 Å². The summed E-state index contributed by atoms with van der Waals surface area (Å²) in [5.74, 6) is -0.715. The molecule has 0 unspecified atom stereocenters. The molecule has 0 aliphatic rings. The van der Waals surface area contributed by atoms with Crippen LogP contribution < -0.4 is 10.6 Å². The molecule has 0 fully saturated rings. The average Bonchev–Trinajstić information content (AvgIpc) is 3.04. The highest BCUT2D eigenvalue weighted by molar-refractivity contribution is 7.09. The molecule has 0 aliphatic heterocycles. The maximum Gasteiger partial charge on any atom is 0.246 e. The smallest absolute Gasteiger partial charge is 0.246 e. The summed E-state index contributed by atoms with van der Waals surface area (Å²) in [7, 11) is 0. The quantitative estimate of drug-likeness (QED) is 0.618. The van der Waals surface area contributed by atoms with Gasteiger partial charge in [0, 0.05) is 16.6 Å². The van der Waals surface area contributed by atoms with E-state index in [1.54, 1.807) is 18.3 Å². The number of hydrogen-bond acceptors (Lipinski definition) is 4. The predicted molar refractivity (Wildman–Crippen MR) is 105 cm³/mol. The van der Waals surface area contributed by atoms with Gasteiger partial charge in [0.05, 0.1) is 21.4 Å². The van der Waals surface area contributed by atoms with Crippen LogP contribution in [0.3, 0.4) is 0 Å². The van der Waals surface area contributed by atoms with E-state index in [2.05, 4.69) is 15.6 Å². The maximum atomic E-state index is 13.1. The number of carbonyl (C=O) groups excluding carboxylic acids is 1. The summed E-state index contributed by atoms with van der Waals surface area (Å²) >= 11 is 7.54. The second-order valence-corrected chi connectivity index (χ2v) is 7.28. The molecule has 0 saturated carbocycles. The fourth-order valence-corrected chi connectivity index (χ4v) is 3.22. The predicted octanol–water partition coefficient (Wildman–Crippen LogP) is 5.35. The molecule has 1 heterocycles. The number of aryl methyl sites for hydroxylation is 1. The third kappa shape index (κ3) is 4.39. The van der Waals surface area contributed by atoms with Crippen molar-refractivity contribution in [1.29, 1.82) is 0 Å². The first-order chi connectivity index (χ1) is 12.4. The van der Waals surface area contributed by atoms with Crippen molar-refractivity contribution in [3.8, 4) is 11.3 Å². The van der Waals surface area contributed by atoms with Crippen molar-refractivity contribution in [2.75, 3.05) is 10.6 Å². The summed E-state index contributed by atoms with van der Waals surface area (Å²) in [6.07, 6.45) is 0. The van der Waals surface area contributed by atoms with E-state index in [0.717, 1.165) is 28.0 Å². The third-order valence-corrected chi connectivity index (χ3v) is 4.85. The van der Waals surface area contributed by atoms with Gasteiger partial charge in [-0.2, -0.15) is 0 Å². The largest absolute Gasteiger partial charge is 0.374 e. The van der Waals surface area contributed by atoms with Gasteiger partial charge < -0.3 is 10.6 Å². The van der Waals surface area contributed by atoms with E-state index in [1.807, 2.05) is 36.6 Å². The van der Waals surface area contributed by atoms with E-state index in [-0.39, 0.29) is 10.9 Å². The Kier molecular flexibility index (Phi) is 5.54. The molecule has 7 heteroatoms. The zero-order chi connectivity index (χ0) is 18.7. The third-order valence-electron chi connectivity index (χ3n) is 3.77. The molecule has 1 amide bonds. The first-order valence-electron chi connectivity index (χ1n) is 7.97. The lowest BCUT2D eigenvalue weighted by molar-refractivity contribution is -0.116. The lowest BCUT2D eigenvalue weighted by atomic mass is 10.1. The van der Waals surface area contributed by atoms with Gasteiger partial charge in [0.25, 0.3) is 0 Å². The van der Waals surface area contributed by atoms with Crippen LogP contribution >= 0.6 is 22.9 Å².